The molecule has 5 heteroatoms. The Balaban J connectivity index is 2.00. The van der Waals surface area contributed by atoms with E-state index in [0.29, 0.717) is 18.8 Å². The lowest BCUT2D eigenvalue weighted by atomic mass is 9.95. The van der Waals surface area contributed by atoms with Crippen molar-refractivity contribution in [3.63, 3.8) is 0 Å². The molecule has 0 radical (unpaired) electrons. The van der Waals surface area contributed by atoms with Crippen LogP contribution in [-0.4, -0.2) is 18.2 Å². The van der Waals surface area contributed by atoms with Gasteiger partial charge in [0.05, 0.1) is 18.8 Å². The standard InChI is InChI=1S/C19H26N2O3/c1-12(2)19(15-6-8-16(23-5)9-7-15)20-18(22)11-10-17-13(3)21-24-14(17)4/h6-9,12,19H,10-11H2,1-5H3,(H,20,22)/t19-/m1/s1. The highest BCUT2D eigenvalue weighted by atomic mass is 16.5. The molecule has 5 nitrogen and oxygen atoms in total. The summed E-state index contributed by atoms with van der Waals surface area (Å²) in [5, 5.41) is 7.07. The van der Waals surface area contributed by atoms with Crippen LogP contribution in [-0.2, 0) is 11.2 Å². The molecule has 0 unspecified atom stereocenters. The summed E-state index contributed by atoms with van der Waals surface area (Å²) in [4.78, 5) is 12.4. The van der Waals surface area contributed by atoms with Crippen molar-refractivity contribution >= 4 is 5.91 Å². The van der Waals surface area contributed by atoms with Crippen molar-refractivity contribution in [2.24, 2.45) is 5.92 Å². The van der Waals surface area contributed by atoms with Crippen molar-refractivity contribution in [1.82, 2.24) is 10.5 Å². The molecule has 24 heavy (non-hydrogen) atoms. The number of hydrogen-bond acceptors (Lipinski definition) is 4. The molecule has 1 amide bonds. The number of aromatic nitrogens is 1. The van der Waals surface area contributed by atoms with Gasteiger partial charge in [-0.05, 0) is 43.9 Å². The normalized spacial score (nSPS) is 12.2. The van der Waals surface area contributed by atoms with Gasteiger partial charge in [-0.2, -0.15) is 0 Å². The van der Waals surface area contributed by atoms with Gasteiger partial charge in [0.2, 0.25) is 5.91 Å². The van der Waals surface area contributed by atoms with Crippen molar-refractivity contribution in [2.75, 3.05) is 7.11 Å². The molecule has 130 valence electrons. The molecule has 0 fully saturated rings. The third kappa shape index (κ3) is 4.37. The summed E-state index contributed by atoms with van der Waals surface area (Å²) in [6.45, 7) is 7.98. The van der Waals surface area contributed by atoms with Crippen molar-refractivity contribution in [2.45, 2.75) is 46.6 Å². The minimum absolute atomic E-state index is 0.0203. The first-order valence-electron chi connectivity index (χ1n) is 8.27. The number of carbonyl (C=O) groups is 1. The summed E-state index contributed by atoms with van der Waals surface area (Å²) in [5.41, 5.74) is 2.96. The number of aryl methyl sites for hydroxylation is 2. The average Bonchev–Trinajstić information content (AvgIpc) is 2.89. The lowest BCUT2D eigenvalue weighted by molar-refractivity contribution is -0.122. The number of carbonyl (C=O) groups excluding carboxylic acids is 1. The molecule has 0 aliphatic heterocycles. The van der Waals surface area contributed by atoms with Crippen LogP contribution in [0.2, 0.25) is 0 Å². The van der Waals surface area contributed by atoms with Gasteiger partial charge in [0, 0.05) is 12.0 Å². The van der Waals surface area contributed by atoms with Gasteiger partial charge < -0.3 is 14.6 Å². The van der Waals surface area contributed by atoms with Crippen LogP contribution in [0, 0.1) is 19.8 Å². The van der Waals surface area contributed by atoms with Crippen molar-refractivity contribution < 1.29 is 14.1 Å². The Labute approximate surface area is 143 Å². The molecule has 2 aromatic rings. The summed E-state index contributed by atoms with van der Waals surface area (Å²) >= 11 is 0. The Bertz CT molecular complexity index is 655. The van der Waals surface area contributed by atoms with E-state index in [1.54, 1.807) is 7.11 Å². The SMILES string of the molecule is COc1ccc([C@H](NC(=O)CCc2c(C)noc2C)C(C)C)cc1. The van der Waals surface area contributed by atoms with Gasteiger partial charge in [-0.15, -0.1) is 0 Å². The lowest BCUT2D eigenvalue weighted by Crippen LogP contribution is -2.31. The third-order valence-corrected chi connectivity index (χ3v) is 4.24. The molecule has 0 bridgehead atoms. The molecule has 1 atom stereocenters. The Kier molecular flexibility index (Phi) is 6.01. The van der Waals surface area contributed by atoms with E-state index in [-0.39, 0.29) is 11.9 Å². The highest BCUT2D eigenvalue weighted by Crippen LogP contribution is 2.24. The molecule has 1 heterocycles. The van der Waals surface area contributed by atoms with Gasteiger partial charge in [0.1, 0.15) is 11.5 Å². The number of ether oxygens (including phenoxy) is 1. The van der Waals surface area contributed by atoms with E-state index in [1.165, 1.54) is 0 Å². The van der Waals surface area contributed by atoms with Gasteiger partial charge in [0.15, 0.2) is 0 Å². The molecule has 1 aromatic carbocycles. The Morgan fingerprint density at radius 2 is 1.92 bits per heavy atom. The van der Waals surface area contributed by atoms with E-state index in [0.717, 1.165) is 28.3 Å². The molecule has 0 spiro atoms. The van der Waals surface area contributed by atoms with Crippen LogP contribution in [0.3, 0.4) is 0 Å². The fourth-order valence-corrected chi connectivity index (χ4v) is 2.79. The number of methoxy groups -OCH3 is 1. The molecular formula is C19H26N2O3. The zero-order valence-electron chi connectivity index (χ0n) is 15.1. The molecule has 0 saturated heterocycles. The highest BCUT2D eigenvalue weighted by Gasteiger charge is 2.19. The molecule has 2 rings (SSSR count). The third-order valence-electron chi connectivity index (χ3n) is 4.24. The summed E-state index contributed by atoms with van der Waals surface area (Å²) in [6, 6.07) is 7.81. The first-order valence-corrected chi connectivity index (χ1v) is 8.27. The maximum atomic E-state index is 12.4. The fourth-order valence-electron chi connectivity index (χ4n) is 2.79. The van der Waals surface area contributed by atoms with E-state index in [1.807, 2.05) is 38.1 Å². The second kappa shape index (κ2) is 7.99. The van der Waals surface area contributed by atoms with E-state index in [4.69, 9.17) is 9.26 Å². The summed E-state index contributed by atoms with van der Waals surface area (Å²) < 4.78 is 10.3. The van der Waals surface area contributed by atoms with Crippen molar-refractivity contribution in [1.29, 1.82) is 0 Å². The Morgan fingerprint density at radius 1 is 1.25 bits per heavy atom. The number of benzene rings is 1. The van der Waals surface area contributed by atoms with Gasteiger partial charge in [0.25, 0.3) is 0 Å². The number of nitrogens with zero attached hydrogens (tertiary/aromatic N) is 1. The highest BCUT2D eigenvalue weighted by molar-refractivity contribution is 5.76. The van der Waals surface area contributed by atoms with E-state index < -0.39 is 0 Å². The monoisotopic (exact) mass is 330 g/mol. The first kappa shape index (κ1) is 18.0. The minimum Gasteiger partial charge on any atom is -0.497 e. The van der Waals surface area contributed by atoms with Crippen LogP contribution >= 0.6 is 0 Å². The zero-order valence-corrected chi connectivity index (χ0v) is 15.1. The van der Waals surface area contributed by atoms with Gasteiger partial charge >= 0.3 is 0 Å². The second-order valence-electron chi connectivity index (χ2n) is 6.37. The number of hydrogen-bond donors (Lipinski definition) is 1. The topological polar surface area (TPSA) is 64.4 Å². The maximum Gasteiger partial charge on any atom is 0.220 e. The number of rotatable bonds is 7. The molecule has 0 saturated carbocycles. The van der Waals surface area contributed by atoms with Crippen LogP contribution in [0.25, 0.3) is 0 Å². The first-order chi connectivity index (χ1) is 11.4. The molecular weight excluding hydrogens is 304 g/mol. The quantitative estimate of drug-likeness (QED) is 0.840. The van der Waals surface area contributed by atoms with E-state index >= 15 is 0 Å². The molecule has 1 N–H and O–H groups in total. The molecule has 1 aromatic heterocycles. The lowest BCUT2D eigenvalue weighted by Gasteiger charge is -2.23. The van der Waals surface area contributed by atoms with Crippen LogP contribution in [0.4, 0.5) is 0 Å². The Morgan fingerprint density at radius 3 is 2.42 bits per heavy atom. The van der Waals surface area contributed by atoms with Crippen LogP contribution in [0.1, 0.15) is 48.9 Å². The number of amides is 1. The fraction of sp³-hybridized carbons (Fsp3) is 0.474. The van der Waals surface area contributed by atoms with Crippen molar-refractivity contribution in [3.05, 3.63) is 46.8 Å². The minimum atomic E-state index is -0.0203. The van der Waals surface area contributed by atoms with Gasteiger partial charge in [-0.1, -0.05) is 31.1 Å². The maximum absolute atomic E-state index is 12.4. The summed E-state index contributed by atoms with van der Waals surface area (Å²) in [6.07, 6.45) is 1.06. The van der Waals surface area contributed by atoms with E-state index in [9.17, 15) is 4.79 Å². The average molecular weight is 330 g/mol. The molecule has 0 aliphatic rings. The van der Waals surface area contributed by atoms with E-state index in [2.05, 4.69) is 24.3 Å². The second-order valence-corrected chi connectivity index (χ2v) is 6.37. The van der Waals surface area contributed by atoms with Crippen LogP contribution in [0.5, 0.6) is 5.75 Å². The number of nitrogens with one attached hydrogen (secondary N) is 1. The van der Waals surface area contributed by atoms with Crippen molar-refractivity contribution in [3.8, 4) is 5.75 Å². The zero-order chi connectivity index (χ0) is 17.7. The van der Waals surface area contributed by atoms with Crippen LogP contribution < -0.4 is 10.1 Å². The smallest absolute Gasteiger partial charge is 0.220 e. The van der Waals surface area contributed by atoms with Gasteiger partial charge in [-0.3, -0.25) is 4.79 Å². The van der Waals surface area contributed by atoms with Gasteiger partial charge in [-0.25, -0.2) is 0 Å². The summed E-state index contributed by atoms with van der Waals surface area (Å²) in [7, 11) is 1.64. The van der Waals surface area contributed by atoms with Crippen LogP contribution in [0.15, 0.2) is 28.8 Å². The summed E-state index contributed by atoms with van der Waals surface area (Å²) in [5.74, 6) is 1.92. The Hall–Kier alpha value is -2.30. The molecule has 0 aliphatic carbocycles. The predicted molar refractivity (Wildman–Crippen MR) is 93.0 cm³/mol. The largest absolute Gasteiger partial charge is 0.497 e. The predicted octanol–water partition coefficient (Wildman–Crippen LogP) is 3.75.